The topological polar surface area (TPSA) is 103 Å². The fraction of sp³-hybridized carbons (Fsp3) is 0.207. The number of pyridine rings is 2. The van der Waals surface area contributed by atoms with Crippen LogP contribution in [0.15, 0.2) is 61.1 Å². The lowest BCUT2D eigenvalue weighted by molar-refractivity contribution is 0.0115. The van der Waals surface area contributed by atoms with Crippen molar-refractivity contribution in [2.75, 3.05) is 13.1 Å². The number of benzene rings is 1. The Hall–Kier alpha value is -4.35. The van der Waals surface area contributed by atoms with Gasteiger partial charge in [-0.3, -0.25) is 19.8 Å². The van der Waals surface area contributed by atoms with Gasteiger partial charge in [-0.25, -0.2) is 18.7 Å². The van der Waals surface area contributed by atoms with Crippen LogP contribution >= 0.6 is 11.3 Å². The molecular weight excluding hydrogens is 532 g/mol. The summed E-state index contributed by atoms with van der Waals surface area (Å²) in [6.07, 6.45) is 5.11. The van der Waals surface area contributed by atoms with Crippen LogP contribution in [0, 0.1) is 0 Å². The van der Waals surface area contributed by atoms with Crippen molar-refractivity contribution in [1.82, 2.24) is 35.0 Å². The number of fused-ring (bicyclic) bond motifs is 2. The van der Waals surface area contributed by atoms with E-state index in [1.54, 1.807) is 30.4 Å². The number of imidazole rings is 1. The zero-order chi connectivity index (χ0) is 27.4. The average molecular weight is 556 g/mol. The third-order valence-corrected chi connectivity index (χ3v) is 8.40. The van der Waals surface area contributed by atoms with E-state index in [4.69, 9.17) is 4.98 Å². The van der Waals surface area contributed by atoms with Crippen LogP contribution in [0.4, 0.5) is 8.78 Å². The molecule has 0 radical (unpaired) electrons. The molecule has 0 aliphatic carbocycles. The number of carbonyl (C=O) groups excluding carboxylic acids is 1. The third-order valence-electron chi connectivity index (χ3n) is 7.18. The first-order valence-electron chi connectivity index (χ1n) is 12.8. The molecule has 1 fully saturated rings. The molecule has 0 atom stereocenters. The van der Waals surface area contributed by atoms with Crippen LogP contribution in [0.25, 0.3) is 55.2 Å². The van der Waals surface area contributed by atoms with Gasteiger partial charge in [0, 0.05) is 59.5 Å². The first kappa shape index (κ1) is 24.7. The number of nitrogens with one attached hydrogen (secondary N) is 2. The number of rotatable bonds is 6. The first-order chi connectivity index (χ1) is 19.3. The maximum Gasteiger partial charge on any atom is 0.261 e. The van der Waals surface area contributed by atoms with E-state index in [0.29, 0.717) is 35.1 Å². The number of Topliss-reactive ketones (excluding diaryl/α,β-unsaturated/α-hetero) is 1. The highest BCUT2D eigenvalue weighted by Crippen LogP contribution is 2.35. The molecule has 1 saturated heterocycles. The summed E-state index contributed by atoms with van der Waals surface area (Å²) in [5.74, 6) is -2.02. The largest absolute Gasteiger partial charge is 0.335 e. The van der Waals surface area contributed by atoms with Gasteiger partial charge in [-0.05, 0) is 54.4 Å². The Balaban J connectivity index is 1.24. The minimum Gasteiger partial charge on any atom is -0.335 e. The molecule has 200 valence electrons. The highest BCUT2D eigenvalue weighted by Gasteiger charge is 2.37. The molecule has 0 bridgehead atoms. The van der Waals surface area contributed by atoms with Gasteiger partial charge in [0.25, 0.3) is 5.92 Å². The number of aromatic nitrogens is 6. The minimum atomic E-state index is -2.62. The Kier molecular flexibility index (Phi) is 5.79. The number of hydrogen-bond donors (Lipinski definition) is 2. The zero-order valence-electron chi connectivity index (χ0n) is 21.4. The zero-order valence-corrected chi connectivity index (χ0v) is 22.2. The van der Waals surface area contributed by atoms with E-state index in [2.05, 4.69) is 25.1 Å². The Bertz CT molecular complexity index is 1910. The molecule has 6 heterocycles. The van der Waals surface area contributed by atoms with Gasteiger partial charge in [-0.2, -0.15) is 5.10 Å². The van der Waals surface area contributed by atoms with Gasteiger partial charge in [0.1, 0.15) is 5.69 Å². The molecule has 0 spiro atoms. The maximum atomic E-state index is 13.7. The molecule has 8 nitrogen and oxygen atoms in total. The number of likely N-dealkylation sites (tertiary alicyclic amines) is 1. The molecular formula is C29H23F2N7OS. The summed E-state index contributed by atoms with van der Waals surface area (Å²) in [4.78, 5) is 32.2. The predicted octanol–water partition coefficient (Wildman–Crippen LogP) is 6.34. The van der Waals surface area contributed by atoms with Crippen molar-refractivity contribution in [2.45, 2.75) is 25.8 Å². The lowest BCUT2D eigenvalue weighted by Gasteiger charge is -2.15. The van der Waals surface area contributed by atoms with Gasteiger partial charge >= 0.3 is 0 Å². The number of nitrogens with zero attached hydrogens (tertiary/aromatic N) is 5. The lowest BCUT2D eigenvalue weighted by atomic mass is 10.0. The molecule has 0 unspecified atom stereocenters. The molecule has 1 aromatic carbocycles. The molecule has 0 amide bonds. The number of H-pyrrole nitrogens is 2. The predicted molar refractivity (Wildman–Crippen MR) is 150 cm³/mol. The average Bonchev–Trinajstić information content (AvgIpc) is 3.73. The van der Waals surface area contributed by atoms with Gasteiger partial charge in [-0.15, -0.1) is 11.3 Å². The monoisotopic (exact) mass is 555 g/mol. The third kappa shape index (κ3) is 4.46. The smallest absolute Gasteiger partial charge is 0.261 e. The van der Waals surface area contributed by atoms with Gasteiger partial charge in [0.05, 0.1) is 22.5 Å². The quantitative estimate of drug-likeness (QED) is 0.233. The van der Waals surface area contributed by atoms with Gasteiger partial charge in [0.2, 0.25) is 0 Å². The van der Waals surface area contributed by atoms with E-state index in [0.717, 1.165) is 43.6 Å². The van der Waals surface area contributed by atoms with Gasteiger partial charge in [0.15, 0.2) is 17.3 Å². The summed E-state index contributed by atoms with van der Waals surface area (Å²) in [5.41, 5.74) is 6.46. The SMILES string of the molecule is CC(=O)c1ccc(-c2ccnc3nc(-c4n[nH]c5ccc(-c6cncc(CN7CCC(F)(F)C7)c6)cc45)[nH]c23)s1. The maximum absolute atomic E-state index is 13.7. The normalized spacial score (nSPS) is 15.4. The van der Waals surface area contributed by atoms with E-state index in [1.165, 1.54) is 11.3 Å². The summed E-state index contributed by atoms with van der Waals surface area (Å²) in [5, 5.41) is 8.50. The Labute approximate surface area is 231 Å². The number of thiophene rings is 1. The second-order valence-electron chi connectivity index (χ2n) is 10.1. The number of hydrogen-bond acceptors (Lipinski definition) is 7. The van der Waals surface area contributed by atoms with E-state index in [-0.39, 0.29) is 18.7 Å². The van der Waals surface area contributed by atoms with E-state index >= 15 is 0 Å². The molecule has 5 aromatic heterocycles. The van der Waals surface area contributed by atoms with Gasteiger partial charge < -0.3 is 4.98 Å². The van der Waals surface area contributed by atoms with Crippen LogP contribution in [-0.4, -0.2) is 59.8 Å². The second-order valence-corrected chi connectivity index (χ2v) is 11.2. The van der Waals surface area contributed by atoms with Crippen molar-refractivity contribution in [3.8, 4) is 33.1 Å². The number of halogens is 2. The van der Waals surface area contributed by atoms with E-state index in [9.17, 15) is 13.6 Å². The summed E-state index contributed by atoms with van der Waals surface area (Å²) < 4.78 is 27.3. The summed E-state index contributed by atoms with van der Waals surface area (Å²) >= 11 is 1.44. The van der Waals surface area contributed by atoms with Crippen molar-refractivity contribution >= 4 is 39.2 Å². The van der Waals surface area contributed by atoms with Gasteiger partial charge in [-0.1, -0.05) is 6.07 Å². The molecule has 1 aliphatic rings. The fourth-order valence-electron chi connectivity index (χ4n) is 5.21. The molecule has 0 saturated carbocycles. The molecule has 11 heteroatoms. The van der Waals surface area contributed by atoms with E-state index in [1.807, 2.05) is 42.5 Å². The first-order valence-corrected chi connectivity index (χ1v) is 13.6. The molecule has 1 aliphatic heterocycles. The molecule has 2 N–H and O–H groups in total. The number of ketones is 1. The van der Waals surface area contributed by atoms with Crippen molar-refractivity contribution in [3.05, 3.63) is 71.5 Å². The highest BCUT2D eigenvalue weighted by molar-refractivity contribution is 7.17. The van der Waals surface area contributed by atoms with Crippen molar-refractivity contribution < 1.29 is 13.6 Å². The van der Waals surface area contributed by atoms with Crippen molar-refractivity contribution in [1.29, 1.82) is 0 Å². The Morgan fingerprint density at radius 3 is 2.83 bits per heavy atom. The Morgan fingerprint density at radius 2 is 2.02 bits per heavy atom. The van der Waals surface area contributed by atoms with Crippen LogP contribution in [-0.2, 0) is 6.54 Å². The lowest BCUT2D eigenvalue weighted by Crippen LogP contribution is -2.24. The fourth-order valence-corrected chi connectivity index (χ4v) is 6.14. The molecule has 7 rings (SSSR count). The minimum absolute atomic E-state index is 0.0315. The highest BCUT2D eigenvalue weighted by atomic mass is 32.1. The number of alkyl halides is 2. The van der Waals surface area contributed by atoms with Crippen LogP contribution in [0.3, 0.4) is 0 Å². The summed E-state index contributed by atoms with van der Waals surface area (Å²) in [6, 6.07) is 13.6. The number of carbonyl (C=O) groups is 1. The summed E-state index contributed by atoms with van der Waals surface area (Å²) in [6.45, 7) is 2.15. The van der Waals surface area contributed by atoms with Crippen LogP contribution in [0.1, 0.15) is 28.6 Å². The van der Waals surface area contributed by atoms with Crippen LogP contribution in [0.5, 0.6) is 0 Å². The standard InChI is InChI=1S/C29H23F2N7OS/c1-16(39)23-4-5-24(40-23)20-6-8-33-27-25(20)34-28(35-27)26-21-11-18(2-3-22(21)36-37-26)19-10-17(12-32-13-19)14-38-9-7-29(30,31)15-38/h2-6,8,10-13H,7,9,14-15H2,1H3,(H,36,37)(H,33,34,35). The van der Waals surface area contributed by atoms with Crippen LogP contribution < -0.4 is 0 Å². The van der Waals surface area contributed by atoms with Crippen LogP contribution in [0.2, 0.25) is 0 Å². The summed E-state index contributed by atoms with van der Waals surface area (Å²) in [7, 11) is 0. The molecule has 40 heavy (non-hydrogen) atoms. The second kappa shape index (κ2) is 9.39. The van der Waals surface area contributed by atoms with Crippen molar-refractivity contribution in [3.63, 3.8) is 0 Å². The van der Waals surface area contributed by atoms with Crippen molar-refractivity contribution in [2.24, 2.45) is 0 Å². The number of aromatic amines is 2. The molecule has 6 aromatic rings. The van der Waals surface area contributed by atoms with E-state index < -0.39 is 5.92 Å². The Morgan fingerprint density at radius 1 is 1.12 bits per heavy atom.